The van der Waals surface area contributed by atoms with Crippen LogP contribution in [0.25, 0.3) is 0 Å². The van der Waals surface area contributed by atoms with Crippen molar-refractivity contribution in [2.45, 2.75) is 51.6 Å². The Morgan fingerprint density at radius 3 is 2.06 bits per heavy atom. The summed E-state index contributed by atoms with van der Waals surface area (Å²) >= 11 is 0. The Morgan fingerprint density at radius 2 is 1.67 bits per heavy atom. The fourth-order valence-corrected chi connectivity index (χ4v) is 2.99. The summed E-state index contributed by atoms with van der Waals surface area (Å²) in [5.41, 5.74) is -0.501. The lowest BCUT2D eigenvalue weighted by Crippen LogP contribution is -2.46. The predicted octanol–water partition coefficient (Wildman–Crippen LogP) is 1.98. The molecule has 0 saturated heterocycles. The second-order valence-corrected chi connectivity index (χ2v) is 8.43. The van der Waals surface area contributed by atoms with Crippen LogP contribution in [-0.2, 0) is 19.4 Å². The summed E-state index contributed by atoms with van der Waals surface area (Å²) in [6.07, 6.45) is 4.48. The van der Waals surface area contributed by atoms with E-state index in [0.717, 1.165) is 19.1 Å². The smallest absolute Gasteiger partial charge is 0.165 e. The van der Waals surface area contributed by atoms with Crippen molar-refractivity contribution in [2.24, 2.45) is 5.41 Å². The van der Waals surface area contributed by atoms with E-state index >= 15 is 0 Å². The Morgan fingerprint density at radius 1 is 1.17 bits per heavy atom. The lowest BCUT2D eigenvalue weighted by molar-refractivity contribution is -0.147. The predicted molar refractivity (Wildman–Crippen MR) is 71.3 cm³/mol. The van der Waals surface area contributed by atoms with Crippen LogP contribution in [0.15, 0.2) is 0 Å². The number of hydrogen-bond donors (Lipinski definition) is 0. The molecule has 1 aliphatic carbocycles. The molecule has 1 rings (SSSR count). The van der Waals surface area contributed by atoms with Crippen LogP contribution >= 0.6 is 0 Å². The molecule has 0 bridgehead atoms. The first kappa shape index (κ1) is 15.6. The highest BCUT2D eigenvalue weighted by Crippen LogP contribution is 2.42. The number of methoxy groups -OCH3 is 1. The molecule has 1 fully saturated rings. The van der Waals surface area contributed by atoms with E-state index in [9.17, 15) is 13.2 Å². The van der Waals surface area contributed by atoms with Gasteiger partial charge in [0.2, 0.25) is 0 Å². The Bertz CT molecular complexity index is 399. The molecular weight excluding hydrogens is 252 g/mol. The maximum absolute atomic E-state index is 12.2. The third kappa shape index (κ3) is 4.05. The molecule has 0 spiro atoms. The number of rotatable bonds is 5. The van der Waals surface area contributed by atoms with Crippen molar-refractivity contribution >= 4 is 15.6 Å². The molecule has 0 N–H and O–H groups in total. The molecule has 0 radical (unpaired) electrons. The van der Waals surface area contributed by atoms with Gasteiger partial charge in [0.1, 0.15) is 15.4 Å². The molecule has 1 saturated carbocycles. The minimum atomic E-state index is -3.09. The molecule has 4 nitrogen and oxygen atoms in total. The average molecular weight is 276 g/mol. The van der Waals surface area contributed by atoms with Crippen LogP contribution in [0.5, 0.6) is 0 Å². The first-order valence-corrected chi connectivity index (χ1v) is 8.43. The van der Waals surface area contributed by atoms with E-state index in [4.69, 9.17) is 4.74 Å². The number of carbonyl (C=O) groups is 1. The molecule has 0 aliphatic heterocycles. The van der Waals surface area contributed by atoms with Gasteiger partial charge in [0, 0.05) is 19.8 Å². The van der Waals surface area contributed by atoms with Crippen LogP contribution in [0.1, 0.15) is 46.0 Å². The fraction of sp³-hybridized carbons (Fsp3) is 0.923. The minimum Gasteiger partial charge on any atom is -0.370 e. The van der Waals surface area contributed by atoms with Gasteiger partial charge in [0.15, 0.2) is 5.78 Å². The highest BCUT2D eigenvalue weighted by molar-refractivity contribution is 7.90. The van der Waals surface area contributed by atoms with E-state index in [1.54, 1.807) is 7.11 Å². The van der Waals surface area contributed by atoms with Crippen molar-refractivity contribution in [1.82, 2.24) is 0 Å². The van der Waals surface area contributed by atoms with Gasteiger partial charge in [-0.2, -0.15) is 0 Å². The third-order valence-corrected chi connectivity index (χ3v) is 4.96. The summed E-state index contributed by atoms with van der Waals surface area (Å²) in [5, 5.41) is 0. The minimum absolute atomic E-state index is 0.0626. The van der Waals surface area contributed by atoms with Gasteiger partial charge in [-0.1, -0.05) is 13.8 Å². The van der Waals surface area contributed by atoms with Gasteiger partial charge < -0.3 is 4.74 Å². The fourth-order valence-electron chi connectivity index (χ4n) is 2.43. The molecule has 0 atom stereocenters. The lowest BCUT2D eigenvalue weighted by Gasteiger charge is -2.41. The van der Waals surface area contributed by atoms with E-state index in [2.05, 4.69) is 13.8 Å². The van der Waals surface area contributed by atoms with Gasteiger partial charge in [0.05, 0.1) is 5.75 Å². The number of sulfone groups is 1. The Labute approximate surface area is 110 Å². The number of ether oxygens (including phenoxy) is 1. The summed E-state index contributed by atoms with van der Waals surface area (Å²) in [4.78, 5) is 12.2. The molecule has 0 aromatic heterocycles. The van der Waals surface area contributed by atoms with Gasteiger partial charge in [0.25, 0.3) is 0 Å². The number of carbonyl (C=O) groups excluding carboxylic acids is 1. The molecule has 18 heavy (non-hydrogen) atoms. The maximum Gasteiger partial charge on any atom is 0.165 e. The zero-order chi connectivity index (χ0) is 14.0. The molecule has 0 amide bonds. The molecule has 0 unspecified atom stereocenters. The standard InChI is InChI=1S/C13H24O4S/c1-12(2)6-8-13(17-3,9-7-12)11(14)5-10-18(4,15)16/h5-10H2,1-4H3. The molecule has 106 valence electrons. The van der Waals surface area contributed by atoms with E-state index in [1.807, 2.05) is 0 Å². The summed E-state index contributed by atoms with van der Waals surface area (Å²) in [7, 11) is -1.54. The zero-order valence-electron chi connectivity index (χ0n) is 11.8. The highest BCUT2D eigenvalue weighted by atomic mass is 32.2. The van der Waals surface area contributed by atoms with Crippen LogP contribution in [0.2, 0.25) is 0 Å². The van der Waals surface area contributed by atoms with E-state index < -0.39 is 15.4 Å². The van der Waals surface area contributed by atoms with Gasteiger partial charge in [-0.05, 0) is 31.1 Å². The van der Waals surface area contributed by atoms with Gasteiger partial charge in [-0.3, -0.25) is 4.79 Å². The molecule has 0 aromatic rings. The topological polar surface area (TPSA) is 60.4 Å². The SMILES string of the molecule is COC1(C(=O)CCS(C)(=O)=O)CCC(C)(C)CC1. The Balaban J connectivity index is 2.69. The number of hydrogen-bond acceptors (Lipinski definition) is 4. The second-order valence-electron chi connectivity index (χ2n) is 6.17. The monoisotopic (exact) mass is 276 g/mol. The van der Waals surface area contributed by atoms with Gasteiger partial charge in [-0.25, -0.2) is 8.42 Å². The lowest BCUT2D eigenvalue weighted by atomic mass is 9.69. The van der Waals surface area contributed by atoms with Crippen LogP contribution in [0.3, 0.4) is 0 Å². The summed E-state index contributed by atoms with van der Waals surface area (Å²) < 4.78 is 27.7. The van der Waals surface area contributed by atoms with Gasteiger partial charge >= 0.3 is 0 Å². The molecule has 0 aromatic carbocycles. The molecule has 0 heterocycles. The van der Waals surface area contributed by atoms with Gasteiger partial charge in [-0.15, -0.1) is 0 Å². The van der Waals surface area contributed by atoms with Crippen LogP contribution in [0, 0.1) is 5.41 Å². The Hall–Kier alpha value is -0.420. The second kappa shape index (κ2) is 5.29. The molecular formula is C13H24O4S. The van der Waals surface area contributed by atoms with E-state index in [-0.39, 0.29) is 23.4 Å². The quantitative estimate of drug-likeness (QED) is 0.770. The zero-order valence-corrected chi connectivity index (χ0v) is 12.6. The van der Waals surface area contributed by atoms with Crippen molar-refractivity contribution in [2.75, 3.05) is 19.1 Å². The third-order valence-electron chi connectivity index (χ3n) is 4.01. The van der Waals surface area contributed by atoms with E-state index in [0.29, 0.717) is 12.8 Å². The number of Topliss-reactive ketones (excluding diaryl/α,β-unsaturated/α-hetero) is 1. The average Bonchev–Trinajstić information content (AvgIpc) is 2.26. The largest absolute Gasteiger partial charge is 0.370 e. The van der Waals surface area contributed by atoms with Crippen molar-refractivity contribution in [3.63, 3.8) is 0 Å². The Kier molecular flexibility index (Phi) is 4.60. The van der Waals surface area contributed by atoms with E-state index in [1.165, 1.54) is 0 Å². The summed E-state index contributed by atoms with van der Waals surface area (Å²) in [5.74, 6) is -0.147. The van der Waals surface area contributed by atoms with Crippen LogP contribution < -0.4 is 0 Å². The van der Waals surface area contributed by atoms with Crippen molar-refractivity contribution in [3.05, 3.63) is 0 Å². The number of ketones is 1. The van der Waals surface area contributed by atoms with Crippen molar-refractivity contribution in [3.8, 4) is 0 Å². The van der Waals surface area contributed by atoms with Crippen molar-refractivity contribution in [1.29, 1.82) is 0 Å². The van der Waals surface area contributed by atoms with Crippen LogP contribution in [-0.4, -0.2) is 38.9 Å². The summed E-state index contributed by atoms with van der Waals surface area (Å²) in [6, 6.07) is 0. The highest BCUT2D eigenvalue weighted by Gasteiger charge is 2.43. The molecule has 1 aliphatic rings. The maximum atomic E-state index is 12.2. The normalized spacial score (nSPS) is 22.7. The summed E-state index contributed by atoms with van der Waals surface area (Å²) in [6.45, 7) is 4.38. The molecule has 5 heteroatoms. The first-order chi connectivity index (χ1) is 8.10. The van der Waals surface area contributed by atoms with Crippen molar-refractivity contribution < 1.29 is 17.9 Å². The van der Waals surface area contributed by atoms with Crippen LogP contribution in [0.4, 0.5) is 0 Å². The first-order valence-electron chi connectivity index (χ1n) is 6.36.